The van der Waals surface area contributed by atoms with E-state index in [1.165, 1.54) is 17.0 Å². The maximum Gasteiger partial charge on any atom is 0.303 e. The third-order valence-corrected chi connectivity index (χ3v) is 3.69. The molecule has 0 aliphatic carbocycles. The summed E-state index contributed by atoms with van der Waals surface area (Å²) in [6.07, 6.45) is 0.697. The van der Waals surface area contributed by atoms with Crippen molar-refractivity contribution in [1.82, 2.24) is 4.90 Å². The Balaban J connectivity index is 2.07. The topological polar surface area (TPSA) is 57.6 Å². The van der Waals surface area contributed by atoms with Crippen molar-refractivity contribution in [3.8, 4) is 0 Å². The molecular weight excluding hydrogens is 317 g/mol. The summed E-state index contributed by atoms with van der Waals surface area (Å²) in [4.78, 5) is 24.3. The third-order valence-electron chi connectivity index (χ3n) is 3.20. The van der Waals surface area contributed by atoms with Crippen LogP contribution in [0, 0.1) is 11.7 Å². The zero-order valence-corrected chi connectivity index (χ0v) is 11.7. The van der Waals surface area contributed by atoms with Crippen molar-refractivity contribution < 1.29 is 19.1 Å². The van der Waals surface area contributed by atoms with Gasteiger partial charge >= 0.3 is 5.97 Å². The lowest BCUT2D eigenvalue weighted by molar-refractivity contribution is -0.138. The summed E-state index contributed by atoms with van der Waals surface area (Å²) in [5, 5.41) is 8.72. The summed E-state index contributed by atoms with van der Waals surface area (Å²) in [5.41, 5.74) is 0.0270. The molecule has 1 heterocycles. The first-order chi connectivity index (χ1) is 8.97. The lowest BCUT2D eigenvalue weighted by Gasteiger charge is -2.16. The molecule has 1 atom stereocenters. The van der Waals surface area contributed by atoms with Gasteiger partial charge < -0.3 is 10.0 Å². The maximum atomic E-state index is 13.7. The molecule has 0 radical (unpaired) electrons. The lowest BCUT2D eigenvalue weighted by atomic mass is 10.1. The fourth-order valence-electron chi connectivity index (χ4n) is 2.26. The quantitative estimate of drug-likeness (QED) is 0.927. The Bertz CT molecular complexity index is 521. The molecule has 2 rings (SSSR count). The molecule has 0 spiro atoms. The van der Waals surface area contributed by atoms with Crippen LogP contribution in [-0.2, 0) is 4.79 Å². The number of likely N-dealkylation sites (tertiary alicyclic amines) is 1. The van der Waals surface area contributed by atoms with E-state index in [-0.39, 0.29) is 23.8 Å². The maximum absolute atomic E-state index is 13.7. The molecule has 4 nitrogen and oxygen atoms in total. The SMILES string of the molecule is O=C(O)CC1CCN(C(=O)c2ccc(Br)cc2F)C1. The third kappa shape index (κ3) is 3.32. The Morgan fingerprint density at radius 3 is 2.84 bits per heavy atom. The standard InChI is InChI=1S/C13H13BrFNO3/c14-9-1-2-10(11(15)6-9)13(19)16-4-3-8(7-16)5-12(17)18/h1-2,6,8H,3-5,7H2,(H,17,18). The highest BCUT2D eigenvalue weighted by Gasteiger charge is 2.29. The Morgan fingerprint density at radius 2 is 2.21 bits per heavy atom. The van der Waals surface area contributed by atoms with Crippen molar-refractivity contribution in [3.05, 3.63) is 34.1 Å². The molecule has 1 aliphatic heterocycles. The van der Waals surface area contributed by atoms with Crippen LogP contribution in [0.15, 0.2) is 22.7 Å². The number of benzene rings is 1. The van der Waals surface area contributed by atoms with Gasteiger partial charge in [-0.3, -0.25) is 9.59 Å². The number of carboxylic acid groups (broad SMARTS) is 1. The van der Waals surface area contributed by atoms with Gasteiger partial charge in [0.15, 0.2) is 0 Å². The number of halogens is 2. The Kier molecular flexibility index (Phi) is 4.19. The lowest BCUT2D eigenvalue weighted by Crippen LogP contribution is -2.29. The first-order valence-corrected chi connectivity index (χ1v) is 6.73. The molecule has 1 unspecified atom stereocenters. The Labute approximate surface area is 118 Å². The van der Waals surface area contributed by atoms with Crippen molar-refractivity contribution >= 4 is 27.8 Å². The van der Waals surface area contributed by atoms with E-state index in [1.807, 2.05) is 0 Å². The number of hydrogen-bond donors (Lipinski definition) is 1. The summed E-state index contributed by atoms with van der Waals surface area (Å²) in [7, 11) is 0. The molecule has 19 heavy (non-hydrogen) atoms. The summed E-state index contributed by atoms with van der Waals surface area (Å²) in [6.45, 7) is 0.854. The van der Waals surface area contributed by atoms with Gasteiger partial charge in [0.05, 0.1) is 5.56 Å². The van der Waals surface area contributed by atoms with E-state index in [4.69, 9.17) is 5.11 Å². The van der Waals surface area contributed by atoms with Crippen LogP contribution in [-0.4, -0.2) is 35.0 Å². The van der Waals surface area contributed by atoms with Crippen LogP contribution in [0.25, 0.3) is 0 Å². The normalized spacial score (nSPS) is 18.6. The van der Waals surface area contributed by atoms with E-state index >= 15 is 0 Å². The van der Waals surface area contributed by atoms with Gasteiger partial charge in [-0.15, -0.1) is 0 Å². The minimum atomic E-state index is -0.867. The van der Waals surface area contributed by atoms with Gasteiger partial charge in [-0.05, 0) is 30.5 Å². The van der Waals surface area contributed by atoms with Gasteiger partial charge in [0.2, 0.25) is 0 Å². The highest BCUT2D eigenvalue weighted by Crippen LogP contribution is 2.23. The molecule has 1 aliphatic rings. The Hall–Kier alpha value is -1.43. The number of nitrogens with zero attached hydrogens (tertiary/aromatic N) is 1. The Morgan fingerprint density at radius 1 is 1.47 bits per heavy atom. The molecule has 1 N–H and O–H groups in total. The fourth-order valence-corrected chi connectivity index (χ4v) is 2.60. The summed E-state index contributed by atoms with van der Waals surface area (Å²) >= 11 is 3.14. The predicted molar refractivity (Wildman–Crippen MR) is 70.4 cm³/mol. The summed E-state index contributed by atoms with van der Waals surface area (Å²) < 4.78 is 14.3. The average Bonchev–Trinajstić information content (AvgIpc) is 2.75. The zero-order valence-electron chi connectivity index (χ0n) is 10.1. The van der Waals surface area contributed by atoms with Gasteiger partial charge in [0.25, 0.3) is 5.91 Å². The van der Waals surface area contributed by atoms with E-state index in [0.717, 1.165) is 0 Å². The number of carbonyl (C=O) groups excluding carboxylic acids is 1. The molecule has 0 saturated carbocycles. The zero-order chi connectivity index (χ0) is 14.0. The summed E-state index contributed by atoms with van der Waals surface area (Å²) in [5.74, 6) is -1.85. The van der Waals surface area contributed by atoms with Gasteiger partial charge in [0.1, 0.15) is 5.82 Å². The fraction of sp³-hybridized carbons (Fsp3) is 0.385. The van der Waals surface area contributed by atoms with Gasteiger partial charge in [-0.2, -0.15) is 0 Å². The van der Waals surface area contributed by atoms with Crippen molar-refractivity contribution in [2.75, 3.05) is 13.1 Å². The summed E-state index contributed by atoms with van der Waals surface area (Å²) in [6, 6.07) is 4.30. The molecule has 0 bridgehead atoms. The van der Waals surface area contributed by atoms with Crippen LogP contribution >= 0.6 is 15.9 Å². The monoisotopic (exact) mass is 329 g/mol. The van der Waals surface area contributed by atoms with Crippen LogP contribution < -0.4 is 0 Å². The van der Waals surface area contributed by atoms with Crippen molar-refractivity contribution in [2.24, 2.45) is 5.92 Å². The average molecular weight is 330 g/mol. The van der Waals surface area contributed by atoms with Crippen LogP contribution in [0.4, 0.5) is 4.39 Å². The van der Waals surface area contributed by atoms with Crippen molar-refractivity contribution in [1.29, 1.82) is 0 Å². The number of amides is 1. The van der Waals surface area contributed by atoms with E-state index in [2.05, 4.69) is 15.9 Å². The number of carboxylic acids is 1. The predicted octanol–water partition coefficient (Wildman–Crippen LogP) is 2.53. The van der Waals surface area contributed by atoms with E-state index in [9.17, 15) is 14.0 Å². The number of carbonyl (C=O) groups is 2. The first kappa shape index (κ1) is 14.0. The molecule has 0 aromatic heterocycles. The number of rotatable bonds is 3. The highest BCUT2D eigenvalue weighted by molar-refractivity contribution is 9.10. The van der Waals surface area contributed by atoms with E-state index < -0.39 is 11.8 Å². The smallest absolute Gasteiger partial charge is 0.303 e. The van der Waals surface area contributed by atoms with Crippen molar-refractivity contribution in [3.63, 3.8) is 0 Å². The molecule has 1 aromatic rings. The largest absolute Gasteiger partial charge is 0.481 e. The molecule has 102 valence electrons. The second kappa shape index (κ2) is 5.69. The number of hydrogen-bond acceptors (Lipinski definition) is 2. The second-order valence-corrected chi connectivity index (χ2v) is 5.54. The second-order valence-electron chi connectivity index (χ2n) is 4.63. The first-order valence-electron chi connectivity index (χ1n) is 5.93. The molecule has 6 heteroatoms. The molecular formula is C13H13BrFNO3. The molecule has 1 saturated heterocycles. The minimum Gasteiger partial charge on any atom is -0.481 e. The van der Waals surface area contributed by atoms with Crippen LogP contribution in [0.1, 0.15) is 23.2 Å². The molecule has 1 aromatic carbocycles. The molecule has 1 amide bonds. The highest BCUT2D eigenvalue weighted by atomic mass is 79.9. The van der Waals surface area contributed by atoms with E-state index in [1.54, 1.807) is 6.07 Å². The van der Waals surface area contributed by atoms with E-state index in [0.29, 0.717) is 24.0 Å². The molecule has 1 fully saturated rings. The minimum absolute atomic E-state index is 0.0270. The van der Waals surface area contributed by atoms with Crippen LogP contribution in [0.3, 0.4) is 0 Å². The number of aliphatic carboxylic acids is 1. The van der Waals surface area contributed by atoms with Gasteiger partial charge in [0, 0.05) is 24.0 Å². The van der Waals surface area contributed by atoms with Gasteiger partial charge in [-0.25, -0.2) is 4.39 Å². The van der Waals surface area contributed by atoms with Crippen LogP contribution in [0.2, 0.25) is 0 Å². The van der Waals surface area contributed by atoms with Crippen molar-refractivity contribution in [2.45, 2.75) is 12.8 Å². The van der Waals surface area contributed by atoms with Crippen LogP contribution in [0.5, 0.6) is 0 Å². The van der Waals surface area contributed by atoms with Gasteiger partial charge in [-0.1, -0.05) is 15.9 Å².